The summed E-state index contributed by atoms with van der Waals surface area (Å²) in [7, 11) is -3.41. The van der Waals surface area contributed by atoms with E-state index in [1.807, 2.05) is 17.5 Å². The smallest absolute Gasteiger partial charge is 0.243 e. The third-order valence-electron chi connectivity index (χ3n) is 4.63. The van der Waals surface area contributed by atoms with Crippen molar-refractivity contribution < 1.29 is 8.42 Å². The zero-order chi connectivity index (χ0) is 17.2. The Balaban J connectivity index is 1.70. The van der Waals surface area contributed by atoms with Crippen molar-refractivity contribution in [3.05, 3.63) is 41.4 Å². The van der Waals surface area contributed by atoms with Crippen molar-refractivity contribution in [1.29, 1.82) is 0 Å². The summed E-state index contributed by atoms with van der Waals surface area (Å²) in [5.74, 6) is 0.448. The molecule has 1 atom stereocenters. The van der Waals surface area contributed by atoms with Crippen LogP contribution in [0.5, 0.6) is 0 Å². The summed E-state index contributed by atoms with van der Waals surface area (Å²) < 4.78 is 27.2. The number of nitrogens with zero attached hydrogens (tertiary/aromatic N) is 3. The van der Waals surface area contributed by atoms with Crippen molar-refractivity contribution in [3.8, 4) is 0 Å². The van der Waals surface area contributed by atoms with Gasteiger partial charge in [-0.3, -0.25) is 0 Å². The third kappa shape index (κ3) is 3.48. The second-order valence-corrected chi connectivity index (χ2v) is 8.90. The van der Waals surface area contributed by atoms with Crippen LogP contribution in [0.4, 0.5) is 5.13 Å². The predicted molar refractivity (Wildman–Crippen MR) is 98.2 cm³/mol. The van der Waals surface area contributed by atoms with Crippen LogP contribution < -0.4 is 4.90 Å². The lowest BCUT2D eigenvalue weighted by Gasteiger charge is -2.33. The van der Waals surface area contributed by atoms with E-state index in [1.165, 1.54) is 5.56 Å². The second-order valence-electron chi connectivity index (χ2n) is 6.08. The Bertz CT molecular complexity index is 750. The minimum absolute atomic E-state index is 0.386. The number of hydrogen-bond acceptors (Lipinski definition) is 5. The molecule has 0 unspecified atom stereocenters. The first kappa shape index (κ1) is 17.4. The summed E-state index contributed by atoms with van der Waals surface area (Å²) in [5, 5.41) is 2.90. The van der Waals surface area contributed by atoms with E-state index in [9.17, 15) is 8.42 Å². The van der Waals surface area contributed by atoms with E-state index in [1.54, 1.807) is 34.0 Å². The first-order chi connectivity index (χ1) is 11.5. The Morgan fingerprint density at radius 1 is 1.17 bits per heavy atom. The molecule has 1 aromatic carbocycles. The quantitative estimate of drug-likeness (QED) is 0.817. The Morgan fingerprint density at radius 2 is 1.83 bits per heavy atom. The third-order valence-corrected chi connectivity index (χ3v) is 7.37. The van der Waals surface area contributed by atoms with Gasteiger partial charge in [0.15, 0.2) is 5.13 Å². The van der Waals surface area contributed by atoms with Gasteiger partial charge in [0.25, 0.3) is 0 Å². The normalized spacial score (nSPS) is 17.8. The van der Waals surface area contributed by atoms with E-state index >= 15 is 0 Å². The van der Waals surface area contributed by atoms with Gasteiger partial charge in [-0.1, -0.05) is 26.0 Å². The van der Waals surface area contributed by atoms with E-state index < -0.39 is 10.0 Å². The van der Waals surface area contributed by atoms with Crippen LogP contribution in [-0.2, 0) is 10.0 Å². The van der Waals surface area contributed by atoms with E-state index in [4.69, 9.17) is 0 Å². The van der Waals surface area contributed by atoms with Crippen molar-refractivity contribution in [3.63, 3.8) is 0 Å². The summed E-state index contributed by atoms with van der Waals surface area (Å²) in [4.78, 5) is 6.82. The summed E-state index contributed by atoms with van der Waals surface area (Å²) in [6.45, 7) is 6.64. The molecule has 0 saturated carbocycles. The fourth-order valence-corrected chi connectivity index (χ4v) is 4.96. The van der Waals surface area contributed by atoms with Gasteiger partial charge in [0.2, 0.25) is 10.0 Å². The minimum Gasteiger partial charge on any atom is -0.345 e. The van der Waals surface area contributed by atoms with Gasteiger partial charge in [-0.25, -0.2) is 13.4 Å². The molecular formula is C17H23N3O2S2. The maximum Gasteiger partial charge on any atom is 0.243 e. The van der Waals surface area contributed by atoms with Crippen molar-refractivity contribution in [2.24, 2.45) is 0 Å². The van der Waals surface area contributed by atoms with Gasteiger partial charge in [-0.15, -0.1) is 11.3 Å². The average Bonchev–Trinajstić information content (AvgIpc) is 3.16. The van der Waals surface area contributed by atoms with Crippen molar-refractivity contribution in [2.45, 2.75) is 31.1 Å². The fourth-order valence-electron chi connectivity index (χ4n) is 2.84. The summed E-state index contributed by atoms with van der Waals surface area (Å²) in [5.41, 5.74) is 1.19. The predicted octanol–water partition coefficient (Wildman–Crippen LogP) is 3.17. The average molecular weight is 366 g/mol. The zero-order valence-electron chi connectivity index (χ0n) is 14.1. The van der Waals surface area contributed by atoms with Gasteiger partial charge in [0.1, 0.15) is 0 Å². The van der Waals surface area contributed by atoms with Crippen LogP contribution in [0.2, 0.25) is 0 Å². The van der Waals surface area contributed by atoms with Gasteiger partial charge in [0.05, 0.1) is 4.90 Å². The van der Waals surface area contributed by atoms with Crippen LogP contribution in [0.25, 0.3) is 0 Å². The van der Waals surface area contributed by atoms with Crippen LogP contribution in [0.15, 0.2) is 40.7 Å². The minimum atomic E-state index is -3.41. The van der Waals surface area contributed by atoms with Gasteiger partial charge in [-0.05, 0) is 30.0 Å². The number of rotatable bonds is 5. The molecule has 1 fully saturated rings. The molecule has 0 N–H and O–H groups in total. The topological polar surface area (TPSA) is 53.5 Å². The van der Waals surface area contributed by atoms with Crippen molar-refractivity contribution >= 4 is 26.5 Å². The molecule has 1 aromatic heterocycles. The monoisotopic (exact) mass is 365 g/mol. The SMILES string of the molecule is CC[C@@H](C)c1ccc(S(=O)(=O)N2CCN(c3nccs3)CC2)cc1. The van der Waals surface area contributed by atoms with Crippen molar-refractivity contribution in [2.75, 3.05) is 31.1 Å². The standard InChI is InChI=1S/C17H23N3O2S2/c1-3-14(2)15-4-6-16(7-5-15)24(21,22)20-11-9-19(10-12-20)17-18-8-13-23-17/h4-8,13-14H,3,9-12H2,1-2H3/t14-/m1/s1. The molecular weight excluding hydrogens is 342 g/mol. The molecule has 1 aliphatic heterocycles. The van der Waals surface area contributed by atoms with E-state index in [-0.39, 0.29) is 0 Å². The molecule has 3 rings (SSSR count). The molecule has 130 valence electrons. The van der Waals surface area contributed by atoms with Crippen molar-refractivity contribution in [1.82, 2.24) is 9.29 Å². The highest BCUT2D eigenvalue weighted by Gasteiger charge is 2.29. The van der Waals surface area contributed by atoms with Crippen LogP contribution in [-0.4, -0.2) is 43.9 Å². The second kappa shape index (κ2) is 7.21. The summed E-state index contributed by atoms with van der Waals surface area (Å²) in [6.07, 6.45) is 2.83. The molecule has 7 heteroatoms. The first-order valence-corrected chi connectivity index (χ1v) is 10.6. The van der Waals surface area contributed by atoms with Gasteiger partial charge < -0.3 is 4.90 Å². The number of aromatic nitrogens is 1. The molecule has 0 bridgehead atoms. The highest BCUT2D eigenvalue weighted by Crippen LogP contribution is 2.24. The Morgan fingerprint density at radius 3 is 2.38 bits per heavy atom. The fraction of sp³-hybridized carbons (Fsp3) is 0.471. The molecule has 1 aliphatic rings. The number of piperazine rings is 1. The van der Waals surface area contributed by atoms with Crippen LogP contribution in [0.1, 0.15) is 31.7 Å². The van der Waals surface area contributed by atoms with E-state index in [0.717, 1.165) is 11.6 Å². The molecule has 24 heavy (non-hydrogen) atoms. The first-order valence-electron chi connectivity index (χ1n) is 8.27. The van der Waals surface area contributed by atoms with Crippen LogP contribution in [0, 0.1) is 0 Å². The largest absolute Gasteiger partial charge is 0.345 e. The maximum atomic E-state index is 12.8. The highest BCUT2D eigenvalue weighted by atomic mass is 32.2. The Labute approximate surface area is 148 Å². The molecule has 2 heterocycles. The molecule has 0 radical (unpaired) electrons. The molecule has 1 saturated heterocycles. The van der Waals surface area contributed by atoms with E-state index in [2.05, 4.69) is 23.7 Å². The number of anilines is 1. The number of sulfonamides is 1. The number of thiazole rings is 1. The molecule has 0 spiro atoms. The lowest BCUT2D eigenvalue weighted by molar-refractivity contribution is 0.384. The molecule has 0 aliphatic carbocycles. The highest BCUT2D eigenvalue weighted by molar-refractivity contribution is 7.89. The Kier molecular flexibility index (Phi) is 5.22. The number of benzene rings is 1. The van der Waals surface area contributed by atoms with Crippen LogP contribution >= 0.6 is 11.3 Å². The van der Waals surface area contributed by atoms with Gasteiger partial charge >= 0.3 is 0 Å². The van der Waals surface area contributed by atoms with E-state index in [0.29, 0.717) is 37.0 Å². The summed E-state index contributed by atoms with van der Waals surface area (Å²) in [6, 6.07) is 7.35. The van der Waals surface area contributed by atoms with Gasteiger partial charge in [0, 0.05) is 37.8 Å². The molecule has 5 nitrogen and oxygen atoms in total. The van der Waals surface area contributed by atoms with Crippen LogP contribution in [0.3, 0.4) is 0 Å². The van der Waals surface area contributed by atoms with Gasteiger partial charge in [-0.2, -0.15) is 4.31 Å². The Hall–Kier alpha value is -1.44. The molecule has 0 amide bonds. The maximum absolute atomic E-state index is 12.8. The lowest BCUT2D eigenvalue weighted by atomic mass is 9.99. The number of hydrogen-bond donors (Lipinski definition) is 0. The lowest BCUT2D eigenvalue weighted by Crippen LogP contribution is -2.48. The summed E-state index contributed by atoms with van der Waals surface area (Å²) >= 11 is 1.59. The zero-order valence-corrected chi connectivity index (χ0v) is 15.7. The molecule has 2 aromatic rings.